The smallest absolute Gasteiger partial charge is 0.346 e. The minimum Gasteiger partial charge on any atom is -0.346 e. The third-order valence-corrected chi connectivity index (χ3v) is 6.34. The van der Waals surface area contributed by atoms with Crippen molar-refractivity contribution in [1.82, 2.24) is 25.7 Å². The number of H-pyrrole nitrogens is 1. The number of carbonyl (C=O) groups is 2. The number of rotatable bonds is 5. The SMILES string of the molecule is O=C(N[C@@H]1CN2CCC1CC2)c1n[nH]c2cc(C(F)(F)NC(=O)C3CC3)ccc12. The Morgan fingerprint density at radius 2 is 1.93 bits per heavy atom. The summed E-state index contributed by atoms with van der Waals surface area (Å²) in [5.74, 6) is -0.748. The number of piperidine rings is 3. The molecule has 6 rings (SSSR count). The zero-order chi connectivity index (χ0) is 20.2. The Balaban J connectivity index is 1.33. The standard InChI is InChI=1S/C20H23F2N5O2/c21-20(22,24-18(28)12-1-2-12)13-3-4-14-15(9-13)25-26-17(14)19(29)23-16-10-27-7-5-11(16)6-8-27/h3-4,9,11-12,16H,1-2,5-8,10H2,(H,23,29)(H,24,28)(H,25,26)/t16-/m1/s1. The van der Waals surface area contributed by atoms with E-state index in [1.165, 1.54) is 18.2 Å². The lowest BCUT2D eigenvalue weighted by Gasteiger charge is -2.44. The van der Waals surface area contributed by atoms with Crippen molar-refractivity contribution >= 4 is 22.7 Å². The van der Waals surface area contributed by atoms with Gasteiger partial charge in [0.1, 0.15) is 0 Å². The third kappa shape index (κ3) is 3.48. The van der Waals surface area contributed by atoms with Crippen LogP contribution in [0.1, 0.15) is 41.7 Å². The molecule has 154 valence electrons. The maximum atomic E-state index is 14.4. The number of nitrogens with one attached hydrogen (secondary N) is 3. The van der Waals surface area contributed by atoms with Gasteiger partial charge in [-0.2, -0.15) is 13.9 Å². The van der Waals surface area contributed by atoms with Gasteiger partial charge in [-0.25, -0.2) is 0 Å². The second-order valence-electron chi connectivity index (χ2n) is 8.39. The van der Waals surface area contributed by atoms with Crippen LogP contribution in [0, 0.1) is 11.8 Å². The highest BCUT2D eigenvalue weighted by Gasteiger charge is 2.40. The quantitative estimate of drug-likeness (QED) is 0.666. The molecule has 1 atom stereocenters. The normalized spacial score (nSPS) is 26.5. The number of amides is 2. The van der Waals surface area contributed by atoms with Gasteiger partial charge in [-0.1, -0.05) is 6.07 Å². The molecule has 7 nitrogen and oxygen atoms in total. The first-order chi connectivity index (χ1) is 13.9. The first-order valence-corrected chi connectivity index (χ1v) is 10.1. The van der Waals surface area contributed by atoms with E-state index < -0.39 is 12.0 Å². The maximum absolute atomic E-state index is 14.4. The van der Waals surface area contributed by atoms with Crippen LogP contribution in [-0.2, 0) is 10.8 Å². The van der Waals surface area contributed by atoms with Gasteiger partial charge in [-0.15, -0.1) is 0 Å². The van der Waals surface area contributed by atoms with Gasteiger partial charge < -0.3 is 10.2 Å². The molecule has 2 aromatic rings. The van der Waals surface area contributed by atoms with E-state index in [9.17, 15) is 18.4 Å². The number of hydrogen-bond acceptors (Lipinski definition) is 4. The average Bonchev–Trinajstić information content (AvgIpc) is 3.47. The molecule has 0 radical (unpaired) electrons. The van der Waals surface area contributed by atoms with Gasteiger partial charge in [0.15, 0.2) is 5.69 Å². The van der Waals surface area contributed by atoms with Crippen LogP contribution >= 0.6 is 0 Å². The summed E-state index contributed by atoms with van der Waals surface area (Å²) in [4.78, 5) is 26.8. The molecule has 9 heteroatoms. The van der Waals surface area contributed by atoms with Gasteiger partial charge in [0, 0.05) is 29.5 Å². The summed E-state index contributed by atoms with van der Waals surface area (Å²) < 4.78 is 28.9. The molecule has 1 saturated carbocycles. The lowest BCUT2D eigenvalue weighted by atomic mass is 9.84. The Morgan fingerprint density at radius 3 is 2.59 bits per heavy atom. The molecule has 1 aromatic carbocycles. The van der Waals surface area contributed by atoms with E-state index in [0.717, 1.165) is 32.5 Å². The van der Waals surface area contributed by atoms with Gasteiger partial charge in [-0.3, -0.25) is 20.0 Å². The van der Waals surface area contributed by atoms with E-state index in [0.29, 0.717) is 29.7 Å². The number of aromatic nitrogens is 2. The van der Waals surface area contributed by atoms with Crippen LogP contribution in [0.4, 0.5) is 8.78 Å². The summed E-state index contributed by atoms with van der Waals surface area (Å²) in [7, 11) is 0. The van der Waals surface area contributed by atoms with Crippen molar-refractivity contribution in [3.05, 3.63) is 29.5 Å². The van der Waals surface area contributed by atoms with Crippen molar-refractivity contribution in [2.24, 2.45) is 11.8 Å². The van der Waals surface area contributed by atoms with Crippen LogP contribution in [0.3, 0.4) is 0 Å². The number of alkyl halides is 2. The van der Waals surface area contributed by atoms with Crippen LogP contribution in [0.15, 0.2) is 18.2 Å². The van der Waals surface area contributed by atoms with Crippen LogP contribution in [-0.4, -0.2) is 52.6 Å². The van der Waals surface area contributed by atoms with Gasteiger partial charge in [-0.05, 0) is 56.8 Å². The maximum Gasteiger partial charge on any atom is 0.352 e. The van der Waals surface area contributed by atoms with E-state index >= 15 is 0 Å². The predicted octanol–water partition coefficient (Wildman–Crippen LogP) is 1.96. The summed E-state index contributed by atoms with van der Waals surface area (Å²) in [6.07, 6.45) is 3.47. The Kier molecular flexibility index (Phi) is 4.31. The Bertz CT molecular complexity index is 963. The largest absolute Gasteiger partial charge is 0.352 e. The molecule has 4 fully saturated rings. The molecule has 1 aliphatic carbocycles. The van der Waals surface area contributed by atoms with Crippen molar-refractivity contribution in [3.8, 4) is 0 Å². The number of benzene rings is 1. The van der Waals surface area contributed by atoms with Crippen LogP contribution in [0.25, 0.3) is 10.9 Å². The molecule has 3 N–H and O–H groups in total. The monoisotopic (exact) mass is 403 g/mol. The van der Waals surface area contributed by atoms with Gasteiger partial charge in [0.2, 0.25) is 5.91 Å². The molecule has 4 aliphatic rings. The number of fused-ring (bicyclic) bond motifs is 4. The first kappa shape index (κ1) is 18.5. The van der Waals surface area contributed by atoms with Crippen LogP contribution < -0.4 is 10.6 Å². The molecule has 4 heterocycles. The minimum absolute atomic E-state index is 0.0954. The zero-order valence-corrected chi connectivity index (χ0v) is 15.9. The third-order valence-electron chi connectivity index (χ3n) is 6.34. The molecule has 1 aromatic heterocycles. The number of halogens is 2. The summed E-state index contributed by atoms with van der Waals surface area (Å²) in [6.45, 7) is 3.00. The van der Waals surface area contributed by atoms with Crippen LogP contribution in [0.5, 0.6) is 0 Å². The number of aromatic amines is 1. The lowest BCUT2D eigenvalue weighted by Crippen LogP contribution is -2.57. The topological polar surface area (TPSA) is 90.1 Å². The molecular formula is C20H23F2N5O2. The average molecular weight is 403 g/mol. The number of carbonyl (C=O) groups excluding carboxylic acids is 2. The van der Waals surface area contributed by atoms with Crippen molar-refractivity contribution in [2.75, 3.05) is 19.6 Å². The fraction of sp³-hybridized carbons (Fsp3) is 0.550. The van der Waals surface area contributed by atoms with E-state index in [1.807, 2.05) is 5.32 Å². The summed E-state index contributed by atoms with van der Waals surface area (Å²) in [5, 5.41) is 12.1. The summed E-state index contributed by atoms with van der Waals surface area (Å²) in [6, 6.07) is 0.544. The van der Waals surface area contributed by atoms with Crippen molar-refractivity contribution in [1.29, 1.82) is 0 Å². The Morgan fingerprint density at radius 1 is 1.17 bits per heavy atom. The second-order valence-corrected chi connectivity index (χ2v) is 8.39. The van der Waals surface area contributed by atoms with E-state index in [-0.39, 0.29) is 29.1 Å². The van der Waals surface area contributed by atoms with Gasteiger partial charge >= 0.3 is 6.05 Å². The Hall–Kier alpha value is -2.55. The number of hydrogen-bond donors (Lipinski definition) is 3. The lowest BCUT2D eigenvalue weighted by molar-refractivity contribution is -0.135. The molecular weight excluding hydrogens is 380 g/mol. The number of nitrogens with zero attached hydrogens (tertiary/aromatic N) is 2. The predicted molar refractivity (Wildman–Crippen MR) is 101 cm³/mol. The molecule has 0 unspecified atom stereocenters. The summed E-state index contributed by atoms with van der Waals surface area (Å²) in [5.41, 5.74) is 0.197. The molecule has 0 spiro atoms. The van der Waals surface area contributed by atoms with E-state index in [4.69, 9.17) is 0 Å². The fourth-order valence-electron chi connectivity index (χ4n) is 4.43. The van der Waals surface area contributed by atoms with E-state index in [1.54, 1.807) is 0 Å². The minimum atomic E-state index is -3.48. The highest BCUT2D eigenvalue weighted by atomic mass is 19.3. The van der Waals surface area contributed by atoms with Crippen molar-refractivity contribution in [3.63, 3.8) is 0 Å². The second kappa shape index (κ2) is 6.76. The van der Waals surface area contributed by atoms with Crippen molar-refractivity contribution < 1.29 is 18.4 Å². The van der Waals surface area contributed by atoms with Crippen molar-refractivity contribution in [2.45, 2.75) is 37.8 Å². The summed E-state index contributed by atoms with van der Waals surface area (Å²) >= 11 is 0. The van der Waals surface area contributed by atoms with E-state index in [2.05, 4.69) is 20.4 Å². The molecule has 2 amide bonds. The first-order valence-electron chi connectivity index (χ1n) is 10.1. The molecule has 29 heavy (non-hydrogen) atoms. The Labute approximate surface area is 166 Å². The van der Waals surface area contributed by atoms with Crippen LogP contribution in [0.2, 0.25) is 0 Å². The zero-order valence-electron chi connectivity index (χ0n) is 15.9. The molecule has 3 saturated heterocycles. The highest BCUT2D eigenvalue weighted by Crippen LogP contribution is 2.33. The fourth-order valence-corrected chi connectivity index (χ4v) is 4.43. The molecule has 2 bridgehead atoms. The highest BCUT2D eigenvalue weighted by molar-refractivity contribution is 6.04. The molecule has 3 aliphatic heterocycles. The van der Waals surface area contributed by atoms with Gasteiger partial charge in [0.25, 0.3) is 5.91 Å². The van der Waals surface area contributed by atoms with Gasteiger partial charge in [0.05, 0.1) is 5.52 Å².